The van der Waals surface area contributed by atoms with Crippen LogP contribution in [0.2, 0.25) is 0 Å². The minimum atomic E-state index is -1.12. The number of carboxylic acid groups (broad SMARTS) is 1. The maximum atomic E-state index is 13.2. The summed E-state index contributed by atoms with van der Waals surface area (Å²) in [4.78, 5) is 22.5. The largest absolute Gasteiger partial charge is 0.481 e. The molecule has 0 aliphatic heterocycles. The fourth-order valence-corrected chi connectivity index (χ4v) is 2.05. The van der Waals surface area contributed by atoms with Crippen molar-refractivity contribution in [3.05, 3.63) is 33.8 Å². The van der Waals surface area contributed by atoms with Gasteiger partial charge in [-0.2, -0.15) is 0 Å². The van der Waals surface area contributed by atoms with Crippen LogP contribution in [0.4, 0.5) is 8.78 Å². The first-order valence-electron chi connectivity index (χ1n) is 5.81. The molecular weight excluding hydrogens is 336 g/mol. The average molecular weight is 350 g/mol. The third-order valence-electron chi connectivity index (χ3n) is 2.67. The van der Waals surface area contributed by atoms with E-state index in [0.717, 1.165) is 12.1 Å². The molecule has 7 heteroatoms. The van der Waals surface area contributed by atoms with E-state index in [1.165, 1.54) is 0 Å². The number of rotatable bonds is 5. The molecule has 0 saturated carbocycles. The predicted molar refractivity (Wildman–Crippen MR) is 72.5 cm³/mol. The summed E-state index contributed by atoms with van der Waals surface area (Å²) >= 11 is 2.99. The van der Waals surface area contributed by atoms with Gasteiger partial charge in [-0.25, -0.2) is 8.78 Å². The molecule has 0 fully saturated rings. The molecule has 1 aromatic carbocycles. The monoisotopic (exact) mass is 349 g/mol. The Morgan fingerprint density at radius 3 is 2.40 bits per heavy atom. The van der Waals surface area contributed by atoms with E-state index < -0.39 is 29.0 Å². The van der Waals surface area contributed by atoms with Crippen LogP contribution in [0.25, 0.3) is 0 Å². The Morgan fingerprint density at radius 2 is 1.85 bits per heavy atom. The maximum Gasteiger partial charge on any atom is 0.303 e. The molecule has 2 N–H and O–H groups in total. The van der Waals surface area contributed by atoms with Gasteiger partial charge in [0.2, 0.25) is 0 Å². The van der Waals surface area contributed by atoms with Crippen LogP contribution in [0.3, 0.4) is 0 Å². The van der Waals surface area contributed by atoms with Gasteiger partial charge in [-0.3, -0.25) is 9.59 Å². The van der Waals surface area contributed by atoms with Crippen molar-refractivity contribution in [1.82, 2.24) is 5.32 Å². The van der Waals surface area contributed by atoms with Crippen molar-refractivity contribution >= 4 is 27.8 Å². The van der Waals surface area contributed by atoms with E-state index >= 15 is 0 Å². The van der Waals surface area contributed by atoms with Crippen LogP contribution in [0.5, 0.6) is 0 Å². The number of benzene rings is 1. The maximum absolute atomic E-state index is 13.2. The van der Waals surface area contributed by atoms with Crippen LogP contribution in [0, 0.1) is 11.6 Å². The van der Waals surface area contributed by atoms with Crippen LogP contribution >= 0.6 is 15.9 Å². The van der Waals surface area contributed by atoms with Crippen molar-refractivity contribution in [2.75, 3.05) is 0 Å². The van der Waals surface area contributed by atoms with E-state index in [1.54, 1.807) is 13.8 Å². The molecule has 0 aliphatic rings. The molecule has 0 heterocycles. The molecular formula is C13H14BrF2NO3. The fourth-order valence-electron chi connectivity index (χ4n) is 1.55. The van der Waals surface area contributed by atoms with Crippen molar-refractivity contribution in [3.8, 4) is 0 Å². The lowest BCUT2D eigenvalue weighted by molar-refractivity contribution is -0.137. The van der Waals surface area contributed by atoms with E-state index in [4.69, 9.17) is 5.11 Å². The Hall–Kier alpha value is -1.50. The van der Waals surface area contributed by atoms with Gasteiger partial charge < -0.3 is 10.4 Å². The van der Waals surface area contributed by atoms with Gasteiger partial charge in [0.25, 0.3) is 5.91 Å². The molecule has 20 heavy (non-hydrogen) atoms. The van der Waals surface area contributed by atoms with Crippen molar-refractivity contribution in [3.63, 3.8) is 0 Å². The van der Waals surface area contributed by atoms with Gasteiger partial charge in [0, 0.05) is 16.4 Å². The molecule has 110 valence electrons. The molecule has 0 aromatic heterocycles. The molecule has 0 radical (unpaired) electrons. The highest BCUT2D eigenvalue weighted by Crippen LogP contribution is 2.22. The molecule has 0 atom stereocenters. The standard InChI is InChI=1S/C13H14BrF2NO3/c1-13(2,4-3-11(18)19)17-12(20)7-5-9(15)10(16)6-8(7)14/h5-6H,3-4H2,1-2H3,(H,17,20)(H,18,19). The SMILES string of the molecule is CC(C)(CCC(=O)O)NC(=O)c1cc(F)c(F)cc1Br. The van der Waals surface area contributed by atoms with Crippen molar-refractivity contribution in [2.24, 2.45) is 0 Å². The molecule has 0 saturated heterocycles. The molecule has 4 nitrogen and oxygen atoms in total. The molecule has 0 bridgehead atoms. The Morgan fingerprint density at radius 1 is 1.30 bits per heavy atom. The zero-order valence-electron chi connectivity index (χ0n) is 11.0. The number of aliphatic carboxylic acids is 1. The normalized spacial score (nSPS) is 11.2. The highest BCUT2D eigenvalue weighted by Gasteiger charge is 2.24. The first-order valence-corrected chi connectivity index (χ1v) is 6.60. The number of halogens is 3. The van der Waals surface area contributed by atoms with Crippen molar-refractivity contribution < 1.29 is 23.5 Å². The Labute approximate surface area is 123 Å². The summed E-state index contributed by atoms with van der Waals surface area (Å²) in [5, 5.41) is 11.2. The summed E-state index contributed by atoms with van der Waals surface area (Å²) < 4.78 is 26.2. The fraction of sp³-hybridized carbons (Fsp3) is 0.385. The third kappa shape index (κ3) is 4.56. The van der Waals surface area contributed by atoms with Gasteiger partial charge in [-0.1, -0.05) is 0 Å². The van der Waals surface area contributed by atoms with E-state index in [0.29, 0.717) is 0 Å². The molecule has 1 rings (SSSR count). The third-order valence-corrected chi connectivity index (χ3v) is 3.33. The summed E-state index contributed by atoms with van der Waals surface area (Å²) in [5.74, 6) is -3.76. The number of carboxylic acids is 1. The van der Waals surface area contributed by atoms with E-state index in [1.807, 2.05) is 0 Å². The minimum Gasteiger partial charge on any atom is -0.481 e. The smallest absolute Gasteiger partial charge is 0.303 e. The highest BCUT2D eigenvalue weighted by atomic mass is 79.9. The lowest BCUT2D eigenvalue weighted by Gasteiger charge is -2.26. The van der Waals surface area contributed by atoms with Crippen LogP contribution in [0.1, 0.15) is 37.0 Å². The summed E-state index contributed by atoms with van der Waals surface area (Å²) in [6, 6.07) is 1.66. The number of carbonyl (C=O) groups is 2. The first kappa shape index (κ1) is 16.6. The second-order valence-corrected chi connectivity index (χ2v) is 5.83. The van der Waals surface area contributed by atoms with Crippen molar-refractivity contribution in [2.45, 2.75) is 32.2 Å². The van der Waals surface area contributed by atoms with E-state index in [9.17, 15) is 18.4 Å². The van der Waals surface area contributed by atoms with Gasteiger partial charge >= 0.3 is 5.97 Å². The molecule has 1 aromatic rings. The van der Waals surface area contributed by atoms with Crippen LogP contribution in [0.15, 0.2) is 16.6 Å². The molecule has 1 amide bonds. The predicted octanol–water partition coefficient (Wildman–Crippen LogP) is 3.10. The second-order valence-electron chi connectivity index (χ2n) is 4.98. The lowest BCUT2D eigenvalue weighted by Crippen LogP contribution is -2.43. The zero-order valence-corrected chi connectivity index (χ0v) is 12.6. The summed E-state index contributed by atoms with van der Waals surface area (Å²) in [7, 11) is 0. The number of hydrogen-bond donors (Lipinski definition) is 2. The van der Waals surface area contributed by atoms with Crippen molar-refractivity contribution in [1.29, 1.82) is 0 Å². The Balaban J connectivity index is 2.86. The molecule has 0 aliphatic carbocycles. The Kier molecular flexibility index (Phi) is 5.21. The summed E-state index contributed by atoms with van der Waals surface area (Å²) in [5.41, 5.74) is -0.827. The van der Waals surface area contributed by atoms with Gasteiger partial charge in [-0.05, 0) is 48.3 Å². The van der Waals surface area contributed by atoms with E-state index in [2.05, 4.69) is 21.2 Å². The van der Waals surface area contributed by atoms with Gasteiger partial charge in [0.05, 0.1) is 5.56 Å². The topological polar surface area (TPSA) is 66.4 Å². The zero-order chi connectivity index (χ0) is 15.5. The van der Waals surface area contributed by atoms with E-state index in [-0.39, 0.29) is 22.9 Å². The summed E-state index contributed by atoms with van der Waals surface area (Å²) in [6.07, 6.45) is 0.113. The van der Waals surface area contributed by atoms with Gasteiger partial charge in [0.15, 0.2) is 11.6 Å². The van der Waals surface area contributed by atoms with Gasteiger partial charge in [-0.15, -0.1) is 0 Å². The van der Waals surface area contributed by atoms with Crippen LogP contribution in [-0.2, 0) is 4.79 Å². The quantitative estimate of drug-likeness (QED) is 0.802. The highest BCUT2D eigenvalue weighted by molar-refractivity contribution is 9.10. The lowest BCUT2D eigenvalue weighted by atomic mass is 9.97. The Bertz CT molecular complexity index is 547. The first-order chi connectivity index (χ1) is 9.12. The number of amides is 1. The second kappa shape index (κ2) is 6.30. The molecule has 0 spiro atoms. The number of carbonyl (C=O) groups excluding carboxylic acids is 1. The van der Waals surface area contributed by atoms with Gasteiger partial charge in [0.1, 0.15) is 0 Å². The average Bonchev–Trinajstić information content (AvgIpc) is 2.30. The van der Waals surface area contributed by atoms with Crippen LogP contribution in [-0.4, -0.2) is 22.5 Å². The van der Waals surface area contributed by atoms with Crippen LogP contribution < -0.4 is 5.32 Å². The number of hydrogen-bond acceptors (Lipinski definition) is 2. The summed E-state index contributed by atoms with van der Waals surface area (Å²) in [6.45, 7) is 3.31. The number of nitrogens with one attached hydrogen (secondary N) is 1. The minimum absolute atomic E-state index is 0.0488. The molecule has 0 unspecified atom stereocenters.